The van der Waals surface area contributed by atoms with Gasteiger partial charge in [0, 0.05) is 23.4 Å². The molecule has 0 aliphatic carbocycles. The average Bonchev–Trinajstić information content (AvgIpc) is 2.74. The van der Waals surface area contributed by atoms with Crippen molar-refractivity contribution < 1.29 is 4.79 Å². The highest BCUT2D eigenvalue weighted by Gasteiger charge is 2.12. The number of carbonyl (C=O) groups is 1. The highest BCUT2D eigenvalue weighted by Crippen LogP contribution is 2.18. The van der Waals surface area contributed by atoms with Crippen LogP contribution in [-0.2, 0) is 0 Å². The van der Waals surface area contributed by atoms with Gasteiger partial charge in [0.2, 0.25) is 0 Å². The number of benzene rings is 1. The highest BCUT2D eigenvalue weighted by atomic mass is 32.2. The fraction of sp³-hybridized carbons (Fsp3) is 0.588. The van der Waals surface area contributed by atoms with E-state index < -0.39 is 0 Å². The molecule has 0 bridgehead atoms. The smallest absolute Gasteiger partial charge is 0.164 e. The highest BCUT2D eigenvalue weighted by molar-refractivity contribution is 7.99. The summed E-state index contributed by atoms with van der Waals surface area (Å²) >= 11 is 1.81. The summed E-state index contributed by atoms with van der Waals surface area (Å²) in [6, 6.07) is 8.08. The number of carbonyl (C=O) groups excluding carboxylic acids is 1. The number of nitrogens with zero attached hydrogens (tertiary/aromatic N) is 1. The summed E-state index contributed by atoms with van der Waals surface area (Å²) in [5.74, 6) is 1.35. The molecule has 0 spiro atoms. The standard InChI is InChI=1S/C17H25NOS/c1-2-20-16-9-7-15(8-10-16)17(19)11-14-18-12-5-3-4-6-13-18/h7-10H,2-6,11-14H2,1H3. The van der Waals surface area contributed by atoms with Gasteiger partial charge in [0.15, 0.2) is 5.78 Å². The summed E-state index contributed by atoms with van der Waals surface area (Å²) < 4.78 is 0. The molecule has 0 radical (unpaired) electrons. The van der Waals surface area contributed by atoms with Crippen molar-refractivity contribution in [1.29, 1.82) is 0 Å². The lowest BCUT2D eigenvalue weighted by Gasteiger charge is -2.18. The van der Waals surface area contributed by atoms with E-state index in [2.05, 4.69) is 24.0 Å². The molecule has 1 saturated heterocycles. The van der Waals surface area contributed by atoms with Crippen LogP contribution >= 0.6 is 11.8 Å². The van der Waals surface area contributed by atoms with E-state index in [0.717, 1.165) is 17.9 Å². The Bertz CT molecular complexity index is 408. The molecule has 0 unspecified atom stereocenters. The summed E-state index contributed by atoms with van der Waals surface area (Å²) in [6.45, 7) is 5.40. The summed E-state index contributed by atoms with van der Waals surface area (Å²) in [5.41, 5.74) is 0.861. The zero-order valence-electron chi connectivity index (χ0n) is 12.4. The van der Waals surface area contributed by atoms with Crippen LogP contribution in [0.2, 0.25) is 0 Å². The Kier molecular flexibility index (Phi) is 6.61. The third-order valence-electron chi connectivity index (χ3n) is 3.84. The van der Waals surface area contributed by atoms with Crippen molar-refractivity contribution in [2.75, 3.05) is 25.4 Å². The summed E-state index contributed by atoms with van der Waals surface area (Å²) in [7, 11) is 0. The Morgan fingerprint density at radius 3 is 2.35 bits per heavy atom. The van der Waals surface area contributed by atoms with Crippen molar-refractivity contribution in [3.8, 4) is 0 Å². The van der Waals surface area contributed by atoms with Gasteiger partial charge in [0.1, 0.15) is 0 Å². The Labute approximate surface area is 126 Å². The van der Waals surface area contributed by atoms with E-state index in [1.807, 2.05) is 23.9 Å². The molecule has 3 heteroatoms. The first-order valence-electron chi connectivity index (χ1n) is 7.78. The van der Waals surface area contributed by atoms with Crippen LogP contribution in [0.4, 0.5) is 0 Å². The van der Waals surface area contributed by atoms with Crippen molar-refractivity contribution in [1.82, 2.24) is 4.90 Å². The summed E-state index contributed by atoms with van der Waals surface area (Å²) in [5, 5.41) is 0. The first kappa shape index (κ1) is 15.6. The molecule has 0 N–H and O–H groups in total. The van der Waals surface area contributed by atoms with Crippen LogP contribution in [0.3, 0.4) is 0 Å². The Morgan fingerprint density at radius 1 is 1.10 bits per heavy atom. The van der Waals surface area contributed by atoms with E-state index in [-0.39, 0.29) is 5.78 Å². The molecule has 0 aromatic heterocycles. The van der Waals surface area contributed by atoms with Crippen LogP contribution in [0.25, 0.3) is 0 Å². The fourth-order valence-corrected chi connectivity index (χ4v) is 3.33. The number of ketones is 1. The second-order valence-electron chi connectivity index (χ2n) is 5.39. The third kappa shape index (κ3) is 4.95. The molecule has 0 saturated carbocycles. The maximum Gasteiger partial charge on any atom is 0.164 e. The van der Waals surface area contributed by atoms with E-state index in [1.165, 1.54) is 43.7 Å². The van der Waals surface area contributed by atoms with Crippen LogP contribution in [0, 0.1) is 0 Å². The van der Waals surface area contributed by atoms with Gasteiger partial charge in [-0.2, -0.15) is 0 Å². The molecule has 1 aromatic rings. The second kappa shape index (κ2) is 8.48. The molecule has 2 rings (SSSR count). The van der Waals surface area contributed by atoms with E-state index in [4.69, 9.17) is 0 Å². The third-order valence-corrected chi connectivity index (χ3v) is 4.74. The molecule has 1 aromatic carbocycles. The van der Waals surface area contributed by atoms with Gasteiger partial charge in [-0.3, -0.25) is 4.79 Å². The quantitative estimate of drug-likeness (QED) is 0.577. The van der Waals surface area contributed by atoms with Gasteiger partial charge < -0.3 is 4.90 Å². The Balaban J connectivity index is 1.81. The lowest BCUT2D eigenvalue weighted by Crippen LogP contribution is -2.27. The number of rotatable bonds is 6. The lowest BCUT2D eigenvalue weighted by molar-refractivity contribution is 0.0965. The number of likely N-dealkylation sites (tertiary alicyclic amines) is 1. The van der Waals surface area contributed by atoms with Crippen molar-refractivity contribution in [2.45, 2.75) is 43.9 Å². The SMILES string of the molecule is CCSc1ccc(C(=O)CCN2CCCCCC2)cc1. The first-order chi connectivity index (χ1) is 9.79. The minimum Gasteiger partial charge on any atom is -0.303 e. The van der Waals surface area contributed by atoms with E-state index in [1.54, 1.807) is 0 Å². The fourth-order valence-electron chi connectivity index (χ4n) is 2.67. The van der Waals surface area contributed by atoms with Gasteiger partial charge in [-0.05, 0) is 43.8 Å². The Hall–Kier alpha value is -0.800. The minimum absolute atomic E-state index is 0.280. The molecule has 110 valence electrons. The molecule has 0 atom stereocenters. The summed E-state index contributed by atoms with van der Waals surface area (Å²) in [6.07, 6.45) is 5.93. The average molecular weight is 291 g/mol. The van der Waals surface area contributed by atoms with Crippen LogP contribution in [0.5, 0.6) is 0 Å². The van der Waals surface area contributed by atoms with Crippen LogP contribution in [-0.4, -0.2) is 36.1 Å². The first-order valence-corrected chi connectivity index (χ1v) is 8.76. The minimum atomic E-state index is 0.280. The largest absolute Gasteiger partial charge is 0.303 e. The molecule has 1 aliphatic rings. The number of thioether (sulfide) groups is 1. The maximum absolute atomic E-state index is 12.2. The normalized spacial score (nSPS) is 16.9. The van der Waals surface area contributed by atoms with Gasteiger partial charge >= 0.3 is 0 Å². The molecule has 2 nitrogen and oxygen atoms in total. The van der Waals surface area contributed by atoms with Crippen LogP contribution in [0.15, 0.2) is 29.2 Å². The number of hydrogen-bond donors (Lipinski definition) is 0. The summed E-state index contributed by atoms with van der Waals surface area (Å²) in [4.78, 5) is 15.9. The second-order valence-corrected chi connectivity index (χ2v) is 6.72. The molecular weight excluding hydrogens is 266 g/mol. The Morgan fingerprint density at radius 2 is 1.75 bits per heavy atom. The zero-order valence-corrected chi connectivity index (χ0v) is 13.3. The molecule has 1 fully saturated rings. The van der Waals surface area contributed by atoms with Gasteiger partial charge in [-0.1, -0.05) is 31.9 Å². The van der Waals surface area contributed by atoms with Crippen molar-refractivity contribution in [3.63, 3.8) is 0 Å². The van der Waals surface area contributed by atoms with Gasteiger partial charge in [0.25, 0.3) is 0 Å². The van der Waals surface area contributed by atoms with Gasteiger partial charge in [0.05, 0.1) is 0 Å². The van der Waals surface area contributed by atoms with Crippen LogP contribution in [0.1, 0.15) is 49.4 Å². The number of hydrogen-bond acceptors (Lipinski definition) is 3. The van der Waals surface area contributed by atoms with E-state index in [9.17, 15) is 4.79 Å². The van der Waals surface area contributed by atoms with Crippen LogP contribution < -0.4 is 0 Å². The van der Waals surface area contributed by atoms with E-state index in [0.29, 0.717) is 6.42 Å². The van der Waals surface area contributed by atoms with Gasteiger partial charge in [-0.15, -0.1) is 11.8 Å². The maximum atomic E-state index is 12.2. The monoisotopic (exact) mass is 291 g/mol. The predicted octanol–water partition coefficient (Wildman–Crippen LogP) is 4.25. The molecular formula is C17H25NOS. The molecule has 1 heterocycles. The van der Waals surface area contributed by atoms with Crippen molar-refractivity contribution >= 4 is 17.5 Å². The zero-order chi connectivity index (χ0) is 14.2. The van der Waals surface area contributed by atoms with E-state index >= 15 is 0 Å². The lowest BCUT2D eigenvalue weighted by atomic mass is 10.1. The topological polar surface area (TPSA) is 20.3 Å². The predicted molar refractivity (Wildman–Crippen MR) is 86.7 cm³/mol. The number of Topliss-reactive ketones (excluding diaryl/α,β-unsaturated/α-hetero) is 1. The molecule has 20 heavy (non-hydrogen) atoms. The molecule has 1 aliphatic heterocycles. The van der Waals surface area contributed by atoms with Crippen molar-refractivity contribution in [2.24, 2.45) is 0 Å². The van der Waals surface area contributed by atoms with Gasteiger partial charge in [-0.25, -0.2) is 0 Å². The molecule has 0 amide bonds. The van der Waals surface area contributed by atoms with Crippen molar-refractivity contribution in [3.05, 3.63) is 29.8 Å².